The Morgan fingerprint density at radius 2 is 2.12 bits per heavy atom. The summed E-state index contributed by atoms with van der Waals surface area (Å²) in [7, 11) is 0. The predicted octanol–water partition coefficient (Wildman–Crippen LogP) is 1.02. The Labute approximate surface area is 136 Å². The molecule has 1 N–H and O–H groups in total. The molecule has 3 rings (SSSR count). The highest BCUT2D eigenvalue weighted by atomic mass is 19.3. The van der Waals surface area contributed by atoms with Crippen LogP contribution in [0, 0.1) is 5.92 Å². The van der Waals surface area contributed by atoms with E-state index < -0.39 is 18.0 Å². The summed E-state index contributed by atoms with van der Waals surface area (Å²) < 4.78 is 29.3. The van der Waals surface area contributed by atoms with E-state index in [0.717, 1.165) is 0 Å². The van der Waals surface area contributed by atoms with Crippen molar-refractivity contribution in [2.75, 3.05) is 6.54 Å². The van der Waals surface area contributed by atoms with Crippen LogP contribution in [0.1, 0.15) is 42.1 Å². The van der Waals surface area contributed by atoms with Crippen LogP contribution >= 0.6 is 0 Å². The number of carbonyl (C=O) groups is 1. The van der Waals surface area contributed by atoms with E-state index in [4.69, 9.17) is 0 Å². The number of carbonyl (C=O) groups excluding carboxylic acids is 1. The summed E-state index contributed by atoms with van der Waals surface area (Å²) >= 11 is 0. The summed E-state index contributed by atoms with van der Waals surface area (Å²) in [6, 6.07) is 0. The maximum Gasteiger partial charge on any atom is 0.343 e. The van der Waals surface area contributed by atoms with Crippen molar-refractivity contribution in [2.24, 2.45) is 5.92 Å². The monoisotopic (exact) mass is 340 g/mol. The van der Waals surface area contributed by atoms with Crippen LogP contribution in [-0.4, -0.2) is 41.9 Å². The van der Waals surface area contributed by atoms with Gasteiger partial charge in [0, 0.05) is 25.8 Å². The molecule has 0 fully saturated rings. The van der Waals surface area contributed by atoms with E-state index in [2.05, 4.69) is 15.3 Å². The lowest BCUT2D eigenvalue weighted by Crippen LogP contribution is -2.40. The summed E-state index contributed by atoms with van der Waals surface area (Å²) in [5, 5.41) is 10.0. The number of aromatic amines is 1. The number of amides is 1. The molecule has 0 aromatic carbocycles. The summed E-state index contributed by atoms with van der Waals surface area (Å²) in [5.74, 6) is 0.0987. The lowest BCUT2D eigenvalue weighted by Gasteiger charge is -2.26. The Kier molecular flexibility index (Phi) is 4.20. The summed E-state index contributed by atoms with van der Waals surface area (Å²) in [6.45, 7) is 4.95. The highest BCUT2D eigenvalue weighted by Crippen LogP contribution is 2.24. The number of H-pyrrole nitrogens is 1. The second kappa shape index (κ2) is 6.17. The smallest absolute Gasteiger partial charge is 0.329 e. The second-order valence-electron chi connectivity index (χ2n) is 6.17. The molecule has 0 saturated heterocycles. The number of halogens is 2. The quantitative estimate of drug-likeness (QED) is 0.900. The van der Waals surface area contributed by atoms with Gasteiger partial charge in [0.05, 0.1) is 12.1 Å². The van der Waals surface area contributed by atoms with E-state index in [1.54, 1.807) is 0 Å². The zero-order valence-corrected chi connectivity index (χ0v) is 13.4. The fraction of sp³-hybridized carbons (Fsp3) is 0.571. The van der Waals surface area contributed by atoms with Crippen molar-refractivity contribution in [2.45, 2.75) is 39.9 Å². The Morgan fingerprint density at radius 3 is 2.79 bits per heavy atom. The summed E-state index contributed by atoms with van der Waals surface area (Å²) in [4.78, 5) is 25.5. The minimum absolute atomic E-state index is 0.0929. The van der Waals surface area contributed by atoms with Gasteiger partial charge in [-0.05, 0) is 5.92 Å². The molecule has 8 nitrogen and oxygen atoms in total. The van der Waals surface area contributed by atoms with Crippen LogP contribution in [0.25, 0.3) is 0 Å². The first-order valence-corrected chi connectivity index (χ1v) is 7.65. The molecule has 1 amide bonds. The first kappa shape index (κ1) is 16.3. The summed E-state index contributed by atoms with van der Waals surface area (Å²) in [5.41, 5.74) is -0.947. The normalized spacial score (nSPS) is 14.5. The molecule has 0 bridgehead atoms. The number of alkyl halides is 2. The van der Waals surface area contributed by atoms with Crippen LogP contribution in [0.2, 0.25) is 0 Å². The largest absolute Gasteiger partial charge is 0.343 e. The lowest BCUT2D eigenvalue weighted by molar-refractivity contribution is 0.0694. The molecule has 2 aromatic heterocycles. The van der Waals surface area contributed by atoms with Gasteiger partial charge in [0.15, 0.2) is 5.82 Å². The third kappa shape index (κ3) is 2.95. The molecule has 0 atom stereocenters. The number of nitrogens with zero attached hydrogens (tertiary/aromatic N) is 5. The van der Waals surface area contributed by atoms with Crippen LogP contribution in [-0.2, 0) is 19.6 Å². The molecule has 0 radical (unpaired) electrons. The molecule has 1 aliphatic rings. The van der Waals surface area contributed by atoms with E-state index in [9.17, 15) is 18.4 Å². The van der Waals surface area contributed by atoms with Crippen molar-refractivity contribution in [3.63, 3.8) is 0 Å². The zero-order chi connectivity index (χ0) is 17.4. The second-order valence-corrected chi connectivity index (χ2v) is 6.17. The standard InChI is InChI=1S/C14H18F2N6O2/c1-8(2)5-21-6-9(11(19-21)12(15)16)13(23)20-3-4-22-10(7-20)17-18-14(22)24/h6,8,12H,3-5,7H2,1-2H3,(H,18,24). The summed E-state index contributed by atoms with van der Waals surface area (Å²) in [6.07, 6.45) is -1.46. The van der Waals surface area contributed by atoms with Gasteiger partial charge in [-0.3, -0.25) is 14.0 Å². The molecule has 0 saturated carbocycles. The first-order chi connectivity index (χ1) is 11.4. The van der Waals surface area contributed by atoms with Crippen LogP contribution in [0.4, 0.5) is 8.78 Å². The fourth-order valence-corrected chi connectivity index (χ4v) is 2.75. The van der Waals surface area contributed by atoms with Crippen molar-refractivity contribution in [3.05, 3.63) is 33.8 Å². The molecular formula is C14H18F2N6O2. The van der Waals surface area contributed by atoms with Crippen molar-refractivity contribution in [1.29, 1.82) is 0 Å². The van der Waals surface area contributed by atoms with Crippen molar-refractivity contribution in [1.82, 2.24) is 29.4 Å². The molecule has 3 heterocycles. The average molecular weight is 340 g/mol. The SMILES string of the molecule is CC(C)Cn1cc(C(=O)N2CCn3c(n[nH]c3=O)C2)c(C(F)F)n1. The van der Waals surface area contributed by atoms with Crippen molar-refractivity contribution < 1.29 is 13.6 Å². The van der Waals surface area contributed by atoms with Gasteiger partial charge in [-0.25, -0.2) is 18.7 Å². The Morgan fingerprint density at radius 1 is 1.38 bits per heavy atom. The van der Waals surface area contributed by atoms with E-state index in [-0.39, 0.29) is 36.8 Å². The average Bonchev–Trinajstić information content (AvgIpc) is 3.10. The molecule has 2 aromatic rings. The number of fused-ring (bicyclic) bond motifs is 1. The number of rotatable bonds is 4. The third-order valence-corrected chi connectivity index (χ3v) is 3.83. The molecule has 0 spiro atoms. The van der Waals surface area contributed by atoms with E-state index >= 15 is 0 Å². The topological polar surface area (TPSA) is 88.8 Å². The highest BCUT2D eigenvalue weighted by Gasteiger charge is 2.30. The van der Waals surface area contributed by atoms with Gasteiger partial charge >= 0.3 is 5.69 Å². The van der Waals surface area contributed by atoms with Crippen molar-refractivity contribution in [3.8, 4) is 0 Å². The minimum atomic E-state index is -2.83. The van der Waals surface area contributed by atoms with Gasteiger partial charge < -0.3 is 4.90 Å². The number of aromatic nitrogens is 5. The predicted molar refractivity (Wildman–Crippen MR) is 79.6 cm³/mol. The maximum absolute atomic E-state index is 13.2. The number of hydrogen-bond donors (Lipinski definition) is 1. The van der Waals surface area contributed by atoms with Crippen LogP contribution < -0.4 is 5.69 Å². The minimum Gasteiger partial charge on any atom is -0.329 e. The van der Waals surface area contributed by atoms with Crippen LogP contribution in [0.15, 0.2) is 11.0 Å². The van der Waals surface area contributed by atoms with Gasteiger partial charge in [-0.2, -0.15) is 10.2 Å². The Bertz CT molecular complexity index is 807. The van der Waals surface area contributed by atoms with Gasteiger partial charge in [0.1, 0.15) is 5.69 Å². The van der Waals surface area contributed by atoms with Gasteiger partial charge in [0.2, 0.25) is 0 Å². The third-order valence-electron chi connectivity index (χ3n) is 3.83. The lowest BCUT2D eigenvalue weighted by atomic mass is 10.2. The van der Waals surface area contributed by atoms with Gasteiger partial charge in [-0.15, -0.1) is 0 Å². The van der Waals surface area contributed by atoms with Gasteiger partial charge in [-0.1, -0.05) is 13.8 Å². The number of hydrogen-bond acceptors (Lipinski definition) is 4. The van der Waals surface area contributed by atoms with E-state index in [1.807, 2.05) is 13.8 Å². The first-order valence-electron chi connectivity index (χ1n) is 7.65. The molecule has 1 aliphatic heterocycles. The molecule has 10 heteroatoms. The molecule has 130 valence electrons. The van der Waals surface area contributed by atoms with Crippen LogP contribution in [0.3, 0.4) is 0 Å². The molecular weight excluding hydrogens is 322 g/mol. The van der Waals surface area contributed by atoms with E-state index in [1.165, 1.54) is 20.3 Å². The van der Waals surface area contributed by atoms with E-state index in [0.29, 0.717) is 12.4 Å². The number of nitrogens with one attached hydrogen (secondary N) is 1. The fourth-order valence-electron chi connectivity index (χ4n) is 2.75. The molecule has 0 aliphatic carbocycles. The molecule has 24 heavy (non-hydrogen) atoms. The Balaban J connectivity index is 1.87. The molecule has 0 unspecified atom stereocenters. The highest BCUT2D eigenvalue weighted by molar-refractivity contribution is 5.95. The zero-order valence-electron chi connectivity index (χ0n) is 13.4. The van der Waals surface area contributed by atoms with Crippen molar-refractivity contribution >= 4 is 5.91 Å². The van der Waals surface area contributed by atoms with Crippen LogP contribution in [0.5, 0.6) is 0 Å². The van der Waals surface area contributed by atoms with Gasteiger partial charge in [0.25, 0.3) is 12.3 Å². The maximum atomic E-state index is 13.2. The Hall–Kier alpha value is -2.52.